The van der Waals surface area contributed by atoms with Gasteiger partial charge < -0.3 is 0 Å². The molecule has 0 saturated carbocycles. The molecule has 0 unspecified atom stereocenters. The fraction of sp³-hybridized carbons (Fsp3) is 0.214. The molecule has 1 aromatic heterocycles. The van der Waals surface area contributed by atoms with Crippen molar-refractivity contribution in [1.82, 2.24) is 0 Å². The highest BCUT2D eigenvalue weighted by molar-refractivity contribution is 7.17. The fourth-order valence-corrected chi connectivity index (χ4v) is 2.55. The van der Waals surface area contributed by atoms with E-state index in [1.807, 2.05) is 6.92 Å². The molecule has 0 aliphatic carbocycles. The average molecular weight is 230 g/mol. The first-order valence-corrected chi connectivity index (χ1v) is 6.24. The monoisotopic (exact) mass is 230 g/mol. The van der Waals surface area contributed by atoms with Gasteiger partial charge in [-0.05, 0) is 54.3 Å². The number of carbonyl (C=O) groups is 1. The van der Waals surface area contributed by atoms with Gasteiger partial charge in [0.1, 0.15) is 6.29 Å². The van der Waals surface area contributed by atoms with Crippen LogP contribution in [0.1, 0.15) is 18.9 Å². The molecule has 0 saturated heterocycles. The fourth-order valence-electron chi connectivity index (χ4n) is 1.70. The Hall–Kier alpha value is -1.41. The van der Waals surface area contributed by atoms with Crippen LogP contribution in [0.4, 0.5) is 0 Å². The second kappa shape index (κ2) is 5.08. The molecular formula is C14H14OS. The Bertz CT molecular complexity index is 522. The Morgan fingerprint density at radius 2 is 2.25 bits per heavy atom. The number of thiophene rings is 1. The number of rotatable bonds is 4. The summed E-state index contributed by atoms with van der Waals surface area (Å²) in [7, 11) is 0. The van der Waals surface area contributed by atoms with Crippen molar-refractivity contribution in [2.24, 2.45) is 0 Å². The lowest BCUT2D eigenvalue weighted by Crippen LogP contribution is -1.86. The number of allylic oxidation sites excluding steroid dienone is 2. The van der Waals surface area contributed by atoms with Gasteiger partial charge in [0.05, 0.1) is 0 Å². The van der Waals surface area contributed by atoms with Gasteiger partial charge in [-0.25, -0.2) is 0 Å². The van der Waals surface area contributed by atoms with Crippen LogP contribution in [-0.4, -0.2) is 6.29 Å². The first-order valence-electron chi connectivity index (χ1n) is 5.36. The number of hydrogen-bond donors (Lipinski definition) is 0. The SMILES string of the molecule is C/C(=C\C=O)CCc1ccc2ccsc2c1. The molecule has 0 bridgehead atoms. The van der Waals surface area contributed by atoms with Gasteiger partial charge in [0.25, 0.3) is 0 Å². The highest BCUT2D eigenvalue weighted by atomic mass is 32.1. The molecule has 0 aliphatic rings. The third-order valence-corrected chi connectivity index (χ3v) is 3.56. The van der Waals surface area contributed by atoms with Crippen molar-refractivity contribution in [3.8, 4) is 0 Å². The number of benzene rings is 1. The number of aldehydes is 1. The number of carbonyl (C=O) groups excluding carboxylic acids is 1. The lowest BCUT2D eigenvalue weighted by molar-refractivity contribution is -0.104. The Morgan fingerprint density at radius 1 is 1.38 bits per heavy atom. The van der Waals surface area contributed by atoms with Gasteiger partial charge in [0, 0.05) is 4.70 Å². The normalized spacial score (nSPS) is 11.9. The first kappa shape index (κ1) is 11.1. The lowest BCUT2D eigenvalue weighted by Gasteiger charge is -2.01. The molecule has 1 aromatic carbocycles. The minimum Gasteiger partial charge on any atom is -0.299 e. The van der Waals surface area contributed by atoms with E-state index in [0.29, 0.717) is 0 Å². The van der Waals surface area contributed by atoms with Crippen LogP contribution in [0, 0.1) is 0 Å². The molecule has 82 valence electrons. The Kier molecular flexibility index (Phi) is 3.52. The minimum atomic E-state index is 0.859. The summed E-state index contributed by atoms with van der Waals surface area (Å²) >= 11 is 1.78. The molecule has 2 heteroatoms. The van der Waals surface area contributed by atoms with E-state index in [0.717, 1.165) is 24.7 Å². The van der Waals surface area contributed by atoms with E-state index in [9.17, 15) is 4.79 Å². The van der Waals surface area contributed by atoms with Crippen LogP contribution < -0.4 is 0 Å². The standard InChI is InChI=1S/C14H14OS/c1-11(6-8-15)2-3-12-4-5-13-7-9-16-14(13)10-12/h4-10H,2-3H2,1H3/b11-6+. The number of hydrogen-bond acceptors (Lipinski definition) is 2. The van der Waals surface area contributed by atoms with Gasteiger partial charge in [0.2, 0.25) is 0 Å². The zero-order chi connectivity index (χ0) is 11.4. The van der Waals surface area contributed by atoms with Crippen molar-refractivity contribution < 1.29 is 4.79 Å². The Labute approximate surface area is 99.4 Å². The second-order valence-electron chi connectivity index (χ2n) is 3.94. The quantitative estimate of drug-likeness (QED) is 0.573. The van der Waals surface area contributed by atoms with Crippen molar-refractivity contribution in [2.45, 2.75) is 19.8 Å². The molecule has 0 spiro atoms. The summed E-state index contributed by atoms with van der Waals surface area (Å²) in [4.78, 5) is 10.3. The Morgan fingerprint density at radius 3 is 3.06 bits per heavy atom. The predicted octanol–water partition coefficient (Wildman–Crippen LogP) is 3.98. The Balaban J connectivity index is 2.09. The maximum Gasteiger partial charge on any atom is 0.142 e. The smallest absolute Gasteiger partial charge is 0.142 e. The van der Waals surface area contributed by atoms with E-state index in [2.05, 4.69) is 29.6 Å². The van der Waals surface area contributed by atoms with E-state index in [1.54, 1.807) is 17.4 Å². The predicted molar refractivity (Wildman–Crippen MR) is 70.0 cm³/mol. The van der Waals surface area contributed by atoms with Crippen molar-refractivity contribution in [3.63, 3.8) is 0 Å². The topological polar surface area (TPSA) is 17.1 Å². The van der Waals surface area contributed by atoms with Gasteiger partial charge >= 0.3 is 0 Å². The molecule has 0 N–H and O–H groups in total. The zero-order valence-electron chi connectivity index (χ0n) is 9.27. The minimum absolute atomic E-state index is 0.859. The summed E-state index contributed by atoms with van der Waals surface area (Å²) < 4.78 is 1.34. The molecule has 1 heterocycles. The van der Waals surface area contributed by atoms with Crippen LogP contribution in [0.3, 0.4) is 0 Å². The van der Waals surface area contributed by atoms with Crippen LogP contribution in [0.5, 0.6) is 0 Å². The summed E-state index contributed by atoms with van der Waals surface area (Å²) in [5, 5.41) is 3.43. The second-order valence-corrected chi connectivity index (χ2v) is 4.89. The summed E-state index contributed by atoms with van der Waals surface area (Å²) in [6, 6.07) is 8.72. The summed E-state index contributed by atoms with van der Waals surface area (Å²) in [6.45, 7) is 2.00. The summed E-state index contributed by atoms with van der Waals surface area (Å²) in [5.74, 6) is 0. The van der Waals surface area contributed by atoms with Crippen LogP contribution >= 0.6 is 11.3 Å². The van der Waals surface area contributed by atoms with E-state index < -0.39 is 0 Å². The maximum absolute atomic E-state index is 10.3. The molecule has 16 heavy (non-hydrogen) atoms. The van der Waals surface area contributed by atoms with Crippen LogP contribution in [-0.2, 0) is 11.2 Å². The molecular weight excluding hydrogens is 216 g/mol. The van der Waals surface area contributed by atoms with Crippen molar-refractivity contribution in [1.29, 1.82) is 0 Å². The largest absolute Gasteiger partial charge is 0.299 e. The zero-order valence-corrected chi connectivity index (χ0v) is 10.1. The van der Waals surface area contributed by atoms with Crippen molar-refractivity contribution >= 4 is 27.7 Å². The summed E-state index contributed by atoms with van der Waals surface area (Å²) in [6.07, 6.45) is 4.46. The van der Waals surface area contributed by atoms with E-state index >= 15 is 0 Å². The highest BCUT2D eigenvalue weighted by Gasteiger charge is 1.98. The first-order chi connectivity index (χ1) is 7.79. The van der Waals surface area contributed by atoms with E-state index in [-0.39, 0.29) is 0 Å². The molecule has 0 amide bonds. The van der Waals surface area contributed by atoms with Gasteiger partial charge in [-0.15, -0.1) is 11.3 Å². The van der Waals surface area contributed by atoms with Crippen LogP contribution in [0.2, 0.25) is 0 Å². The van der Waals surface area contributed by atoms with E-state index in [1.165, 1.54) is 15.6 Å². The van der Waals surface area contributed by atoms with Gasteiger partial charge in [0.15, 0.2) is 0 Å². The van der Waals surface area contributed by atoms with Gasteiger partial charge in [-0.1, -0.05) is 17.7 Å². The average Bonchev–Trinajstić information content (AvgIpc) is 2.74. The lowest BCUT2D eigenvalue weighted by atomic mass is 10.0. The van der Waals surface area contributed by atoms with E-state index in [4.69, 9.17) is 0 Å². The molecule has 0 aliphatic heterocycles. The molecule has 0 atom stereocenters. The third kappa shape index (κ3) is 2.58. The molecule has 2 rings (SSSR count). The third-order valence-electron chi connectivity index (χ3n) is 2.68. The number of aryl methyl sites for hydroxylation is 1. The number of fused-ring (bicyclic) bond motifs is 1. The van der Waals surface area contributed by atoms with Crippen molar-refractivity contribution in [2.75, 3.05) is 0 Å². The van der Waals surface area contributed by atoms with Gasteiger partial charge in [-0.3, -0.25) is 4.79 Å². The summed E-state index contributed by atoms with van der Waals surface area (Å²) in [5.41, 5.74) is 2.48. The molecule has 1 nitrogen and oxygen atoms in total. The molecule has 2 aromatic rings. The molecule has 0 radical (unpaired) electrons. The molecule has 0 fully saturated rings. The van der Waals surface area contributed by atoms with Crippen LogP contribution in [0.25, 0.3) is 10.1 Å². The van der Waals surface area contributed by atoms with Gasteiger partial charge in [-0.2, -0.15) is 0 Å². The highest BCUT2D eigenvalue weighted by Crippen LogP contribution is 2.22. The van der Waals surface area contributed by atoms with Crippen molar-refractivity contribution in [3.05, 3.63) is 46.9 Å². The van der Waals surface area contributed by atoms with Crippen LogP contribution in [0.15, 0.2) is 41.3 Å². The maximum atomic E-state index is 10.3.